The fourth-order valence-corrected chi connectivity index (χ4v) is 2.26. The number of piperidine rings is 1. The summed E-state index contributed by atoms with van der Waals surface area (Å²) >= 11 is 0. The summed E-state index contributed by atoms with van der Waals surface area (Å²) in [6.07, 6.45) is 4.44. The van der Waals surface area contributed by atoms with Crippen LogP contribution in [0.25, 0.3) is 0 Å². The molecule has 0 radical (unpaired) electrons. The maximum absolute atomic E-state index is 4.31. The second kappa shape index (κ2) is 4.94. The fourth-order valence-electron chi connectivity index (χ4n) is 2.26. The third-order valence-electron chi connectivity index (χ3n) is 3.58. The van der Waals surface area contributed by atoms with Crippen molar-refractivity contribution in [2.24, 2.45) is 5.41 Å². The third kappa shape index (κ3) is 3.11. The molecule has 0 amide bonds. The Morgan fingerprint density at radius 3 is 2.71 bits per heavy atom. The first-order valence-corrected chi connectivity index (χ1v) is 6.55. The summed E-state index contributed by atoms with van der Waals surface area (Å²) in [7, 11) is 0. The van der Waals surface area contributed by atoms with Crippen LogP contribution < -0.4 is 10.2 Å². The molecule has 0 aromatic carbocycles. The molecular weight excluding hydrogens is 210 g/mol. The molecule has 17 heavy (non-hydrogen) atoms. The predicted molar refractivity (Wildman–Crippen MR) is 73.6 cm³/mol. The van der Waals surface area contributed by atoms with Crippen LogP contribution in [0.4, 0.5) is 11.5 Å². The van der Waals surface area contributed by atoms with Gasteiger partial charge in [0.2, 0.25) is 0 Å². The van der Waals surface area contributed by atoms with E-state index in [4.69, 9.17) is 0 Å². The molecule has 1 aliphatic rings. The number of anilines is 2. The molecule has 0 atom stereocenters. The molecule has 1 aromatic rings. The van der Waals surface area contributed by atoms with E-state index < -0.39 is 0 Å². The lowest BCUT2D eigenvalue weighted by Gasteiger charge is -2.38. The third-order valence-corrected chi connectivity index (χ3v) is 3.58. The highest BCUT2D eigenvalue weighted by Crippen LogP contribution is 2.32. The van der Waals surface area contributed by atoms with Gasteiger partial charge in [0, 0.05) is 37.6 Å². The van der Waals surface area contributed by atoms with Crippen molar-refractivity contribution in [1.82, 2.24) is 4.98 Å². The van der Waals surface area contributed by atoms with Gasteiger partial charge in [0.05, 0.1) is 0 Å². The summed E-state index contributed by atoms with van der Waals surface area (Å²) in [6, 6.07) is 4.26. The van der Waals surface area contributed by atoms with Crippen LogP contribution in [0.3, 0.4) is 0 Å². The number of nitrogens with one attached hydrogen (secondary N) is 1. The van der Waals surface area contributed by atoms with Crippen molar-refractivity contribution < 1.29 is 0 Å². The van der Waals surface area contributed by atoms with Crippen LogP contribution in [0.15, 0.2) is 18.3 Å². The van der Waals surface area contributed by atoms with Gasteiger partial charge >= 0.3 is 0 Å². The highest BCUT2D eigenvalue weighted by molar-refractivity contribution is 5.54. The van der Waals surface area contributed by atoms with Crippen molar-refractivity contribution >= 4 is 11.5 Å². The maximum atomic E-state index is 4.31. The number of rotatable bonds is 3. The van der Waals surface area contributed by atoms with Crippen LogP contribution in [0.1, 0.15) is 33.6 Å². The summed E-state index contributed by atoms with van der Waals surface area (Å²) in [5, 5.41) is 3.27. The molecule has 0 aliphatic carbocycles. The Kier molecular flexibility index (Phi) is 3.55. The fraction of sp³-hybridized carbons (Fsp3) is 0.643. The van der Waals surface area contributed by atoms with Gasteiger partial charge in [-0.1, -0.05) is 13.8 Å². The molecule has 1 aliphatic heterocycles. The van der Waals surface area contributed by atoms with Crippen LogP contribution >= 0.6 is 0 Å². The zero-order valence-electron chi connectivity index (χ0n) is 11.2. The normalized spacial score (nSPS) is 19.1. The van der Waals surface area contributed by atoms with Gasteiger partial charge in [-0.25, -0.2) is 4.98 Å². The first-order valence-electron chi connectivity index (χ1n) is 6.55. The van der Waals surface area contributed by atoms with Crippen LogP contribution in [0, 0.1) is 5.41 Å². The monoisotopic (exact) mass is 233 g/mol. The van der Waals surface area contributed by atoms with E-state index >= 15 is 0 Å². The van der Waals surface area contributed by atoms with Gasteiger partial charge in [0.15, 0.2) is 0 Å². The Labute approximate surface area is 104 Å². The van der Waals surface area contributed by atoms with Gasteiger partial charge in [-0.05, 0) is 31.2 Å². The van der Waals surface area contributed by atoms with Crippen molar-refractivity contribution in [3.05, 3.63) is 18.3 Å². The lowest BCUT2D eigenvalue weighted by Crippen LogP contribution is -2.37. The molecule has 2 rings (SSSR count). The van der Waals surface area contributed by atoms with E-state index in [1.54, 1.807) is 0 Å². The minimum Gasteiger partial charge on any atom is -0.371 e. The summed E-state index contributed by atoms with van der Waals surface area (Å²) < 4.78 is 0. The second-order valence-corrected chi connectivity index (χ2v) is 5.58. The molecule has 1 aromatic heterocycles. The van der Waals surface area contributed by atoms with Gasteiger partial charge in [0.1, 0.15) is 5.82 Å². The first-order chi connectivity index (χ1) is 8.11. The van der Waals surface area contributed by atoms with E-state index in [-0.39, 0.29) is 0 Å². The molecular formula is C14H23N3. The van der Waals surface area contributed by atoms with Gasteiger partial charge in [0.25, 0.3) is 0 Å². The SMILES string of the molecule is CCNc1cc(N2CCC(C)(C)CC2)ccn1. The molecule has 0 unspecified atom stereocenters. The first kappa shape index (κ1) is 12.2. The lowest BCUT2D eigenvalue weighted by molar-refractivity contribution is 0.280. The molecule has 2 heterocycles. The molecule has 0 saturated carbocycles. The summed E-state index contributed by atoms with van der Waals surface area (Å²) in [4.78, 5) is 6.78. The molecule has 94 valence electrons. The topological polar surface area (TPSA) is 28.2 Å². The van der Waals surface area contributed by atoms with Crippen molar-refractivity contribution in [3.8, 4) is 0 Å². The standard InChI is InChI=1S/C14H23N3/c1-4-15-13-11-12(5-8-16-13)17-9-6-14(2,3)7-10-17/h5,8,11H,4,6-7,9-10H2,1-3H3,(H,15,16). The summed E-state index contributed by atoms with van der Waals surface area (Å²) in [6.45, 7) is 10.0. The van der Waals surface area contributed by atoms with E-state index in [0.717, 1.165) is 25.5 Å². The Balaban J connectivity index is 2.05. The highest BCUT2D eigenvalue weighted by atomic mass is 15.1. The van der Waals surface area contributed by atoms with Gasteiger partial charge < -0.3 is 10.2 Å². The Bertz CT molecular complexity index is 363. The Morgan fingerprint density at radius 1 is 1.35 bits per heavy atom. The minimum absolute atomic E-state index is 0.508. The molecule has 1 saturated heterocycles. The highest BCUT2D eigenvalue weighted by Gasteiger charge is 2.25. The zero-order chi connectivity index (χ0) is 12.3. The van der Waals surface area contributed by atoms with Crippen LogP contribution in [0.2, 0.25) is 0 Å². The van der Waals surface area contributed by atoms with Gasteiger partial charge in [-0.3, -0.25) is 0 Å². The second-order valence-electron chi connectivity index (χ2n) is 5.58. The Hall–Kier alpha value is -1.25. The van der Waals surface area contributed by atoms with Gasteiger partial charge in [-0.15, -0.1) is 0 Å². The van der Waals surface area contributed by atoms with Gasteiger partial charge in [-0.2, -0.15) is 0 Å². The van der Waals surface area contributed by atoms with Crippen molar-refractivity contribution in [2.45, 2.75) is 33.6 Å². The van der Waals surface area contributed by atoms with Crippen LogP contribution in [-0.2, 0) is 0 Å². The number of pyridine rings is 1. The maximum Gasteiger partial charge on any atom is 0.127 e. The number of aromatic nitrogens is 1. The zero-order valence-corrected chi connectivity index (χ0v) is 11.2. The lowest BCUT2D eigenvalue weighted by atomic mass is 9.82. The number of nitrogens with zero attached hydrogens (tertiary/aromatic N) is 2. The predicted octanol–water partition coefficient (Wildman–Crippen LogP) is 3.14. The quantitative estimate of drug-likeness (QED) is 0.869. The molecule has 1 N–H and O–H groups in total. The van der Waals surface area contributed by atoms with E-state index in [0.29, 0.717) is 5.41 Å². The molecule has 0 spiro atoms. The molecule has 1 fully saturated rings. The van der Waals surface area contributed by atoms with E-state index in [2.05, 4.69) is 48.1 Å². The molecule has 3 nitrogen and oxygen atoms in total. The van der Waals surface area contributed by atoms with E-state index in [1.165, 1.54) is 18.5 Å². The van der Waals surface area contributed by atoms with Crippen LogP contribution in [0.5, 0.6) is 0 Å². The van der Waals surface area contributed by atoms with Crippen molar-refractivity contribution in [3.63, 3.8) is 0 Å². The average molecular weight is 233 g/mol. The van der Waals surface area contributed by atoms with Crippen molar-refractivity contribution in [1.29, 1.82) is 0 Å². The average Bonchev–Trinajstić information content (AvgIpc) is 2.30. The van der Waals surface area contributed by atoms with Crippen LogP contribution in [-0.4, -0.2) is 24.6 Å². The largest absolute Gasteiger partial charge is 0.371 e. The number of hydrogen-bond donors (Lipinski definition) is 1. The molecule has 0 bridgehead atoms. The minimum atomic E-state index is 0.508. The van der Waals surface area contributed by atoms with Crippen molar-refractivity contribution in [2.75, 3.05) is 29.9 Å². The smallest absolute Gasteiger partial charge is 0.127 e. The summed E-state index contributed by atoms with van der Waals surface area (Å²) in [5.74, 6) is 0.981. The summed E-state index contributed by atoms with van der Waals surface area (Å²) in [5.41, 5.74) is 1.81. The Morgan fingerprint density at radius 2 is 2.06 bits per heavy atom. The van der Waals surface area contributed by atoms with E-state index in [9.17, 15) is 0 Å². The van der Waals surface area contributed by atoms with E-state index in [1.807, 2.05) is 6.20 Å². The molecule has 3 heteroatoms. The number of hydrogen-bond acceptors (Lipinski definition) is 3.